The van der Waals surface area contributed by atoms with E-state index in [2.05, 4.69) is 9.97 Å². The van der Waals surface area contributed by atoms with Crippen molar-refractivity contribution in [2.24, 2.45) is 5.73 Å². The van der Waals surface area contributed by atoms with Gasteiger partial charge in [0, 0.05) is 55.0 Å². The van der Waals surface area contributed by atoms with E-state index in [1.165, 1.54) is 12.1 Å². The molecule has 39 heavy (non-hydrogen) atoms. The van der Waals surface area contributed by atoms with Crippen LogP contribution in [-0.2, 0) is 21.6 Å². The zero-order chi connectivity index (χ0) is 27.0. The van der Waals surface area contributed by atoms with Gasteiger partial charge in [-0.05, 0) is 59.9 Å². The number of primary amides is 1. The number of carbonyl (C=O) groups excluding carboxylic acids is 1. The second-order valence-electron chi connectivity index (χ2n) is 9.66. The molecule has 2 N–H and O–H groups in total. The molecule has 9 heteroatoms. The van der Waals surface area contributed by atoms with Crippen molar-refractivity contribution in [1.29, 1.82) is 0 Å². The van der Waals surface area contributed by atoms with Gasteiger partial charge in [0.1, 0.15) is 29.6 Å². The molecule has 1 fully saturated rings. The Bertz CT molecular complexity index is 1690. The van der Waals surface area contributed by atoms with Gasteiger partial charge in [0.05, 0.1) is 18.0 Å². The van der Waals surface area contributed by atoms with E-state index in [1.54, 1.807) is 31.8 Å². The van der Waals surface area contributed by atoms with Crippen LogP contribution in [0.1, 0.15) is 24.0 Å². The Morgan fingerprint density at radius 3 is 2.74 bits per heavy atom. The molecule has 0 bridgehead atoms. The highest BCUT2D eigenvalue weighted by molar-refractivity contribution is 5.98. The lowest BCUT2D eigenvalue weighted by Gasteiger charge is -2.34. The Morgan fingerprint density at radius 1 is 1.10 bits per heavy atom. The number of hydrogen-bond donors (Lipinski definition) is 1. The van der Waals surface area contributed by atoms with Gasteiger partial charge in [-0.2, -0.15) is 0 Å². The topological polar surface area (TPSA) is 101 Å². The van der Waals surface area contributed by atoms with Crippen LogP contribution in [0.3, 0.4) is 0 Å². The zero-order valence-corrected chi connectivity index (χ0v) is 21.4. The van der Waals surface area contributed by atoms with E-state index in [0.29, 0.717) is 37.4 Å². The van der Waals surface area contributed by atoms with Crippen LogP contribution in [0.2, 0.25) is 0 Å². The van der Waals surface area contributed by atoms with Crippen molar-refractivity contribution in [2.45, 2.75) is 24.9 Å². The summed E-state index contributed by atoms with van der Waals surface area (Å²) in [5.41, 5.74) is 9.74. The Kier molecular flexibility index (Phi) is 6.36. The molecule has 0 saturated carbocycles. The van der Waals surface area contributed by atoms with Crippen molar-refractivity contribution >= 4 is 22.5 Å². The molecule has 1 aliphatic heterocycles. The van der Waals surface area contributed by atoms with Gasteiger partial charge in [0.25, 0.3) is 0 Å². The first-order chi connectivity index (χ1) is 19.0. The Balaban J connectivity index is 1.35. The third-order valence-corrected chi connectivity index (χ3v) is 7.49. The average molecular weight is 527 g/mol. The molecule has 198 valence electrons. The van der Waals surface area contributed by atoms with Crippen LogP contribution in [0, 0.1) is 5.82 Å². The monoisotopic (exact) mass is 526 g/mol. The van der Waals surface area contributed by atoms with Gasteiger partial charge in [-0.3, -0.25) is 14.2 Å². The van der Waals surface area contributed by atoms with Crippen molar-refractivity contribution < 1.29 is 23.4 Å². The summed E-state index contributed by atoms with van der Waals surface area (Å²) in [5.74, 6) is 0.0826. The van der Waals surface area contributed by atoms with Gasteiger partial charge in [-0.25, -0.2) is 9.37 Å². The lowest BCUT2D eigenvalue weighted by Crippen LogP contribution is -2.45. The summed E-state index contributed by atoms with van der Waals surface area (Å²) >= 11 is 0. The molecule has 2 aromatic carbocycles. The van der Waals surface area contributed by atoms with Crippen LogP contribution in [0.5, 0.6) is 11.5 Å². The first kappa shape index (κ1) is 24.8. The van der Waals surface area contributed by atoms with E-state index in [4.69, 9.17) is 19.9 Å². The van der Waals surface area contributed by atoms with Crippen LogP contribution < -0.4 is 15.2 Å². The van der Waals surface area contributed by atoms with Crippen molar-refractivity contribution in [3.8, 4) is 22.6 Å². The summed E-state index contributed by atoms with van der Waals surface area (Å²) in [4.78, 5) is 21.2. The minimum Gasteiger partial charge on any atom is -0.496 e. The molecule has 3 aromatic heterocycles. The molecule has 0 unspecified atom stereocenters. The number of benzene rings is 2. The van der Waals surface area contributed by atoms with Crippen LogP contribution in [-0.4, -0.2) is 40.6 Å². The predicted molar refractivity (Wildman–Crippen MR) is 144 cm³/mol. The molecule has 0 aliphatic carbocycles. The normalized spacial score (nSPS) is 14.9. The third-order valence-electron chi connectivity index (χ3n) is 7.49. The summed E-state index contributed by atoms with van der Waals surface area (Å²) in [6, 6.07) is 14.3. The van der Waals surface area contributed by atoms with Crippen LogP contribution in [0.15, 0.2) is 73.3 Å². The maximum Gasteiger partial charge on any atom is 0.228 e. The van der Waals surface area contributed by atoms with Gasteiger partial charge in [-0.1, -0.05) is 12.1 Å². The largest absolute Gasteiger partial charge is 0.496 e. The number of nitrogens with two attached hydrogens (primary N) is 1. The van der Waals surface area contributed by atoms with Gasteiger partial charge in [0.2, 0.25) is 5.91 Å². The fraction of sp³-hybridized carbons (Fsp3) is 0.233. The summed E-state index contributed by atoms with van der Waals surface area (Å²) in [6.07, 6.45) is 7.94. The van der Waals surface area contributed by atoms with E-state index >= 15 is 0 Å². The lowest BCUT2D eigenvalue weighted by atomic mass is 9.73. The maximum atomic E-state index is 14.7. The second-order valence-corrected chi connectivity index (χ2v) is 9.66. The Labute approximate surface area is 224 Å². The number of aromatic nitrogens is 3. The van der Waals surface area contributed by atoms with E-state index in [9.17, 15) is 9.18 Å². The van der Waals surface area contributed by atoms with Gasteiger partial charge in [0.15, 0.2) is 0 Å². The first-order valence-corrected chi connectivity index (χ1v) is 12.7. The van der Waals surface area contributed by atoms with Crippen molar-refractivity contribution in [3.63, 3.8) is 0 Å². The molecule has 1 saturated heterocycles. The fourth-order valence-electron chi connectivity index (χ4n) is 5.40. The van der Waals surface area contributed by atoms with E-state index in [0.717, 1.165) is 39.0 Å². The lowest BCUT2D eigenvalue weighted by molar-refractivity contribution is -0.127. The SMILES string of the molecule is COc1ccncc1-c1cc2nccn2c2cc(COc3cc(F)cc(C4(C(N)=O)CCOCC4)c3)ccc12. The predicted octanol–water partition coefficient (Wildman–Crippen LogP) is 4.81. The Morgan fingerprint density at radius 2 is 1.95 bits per heavy atom. The molecule has 1 amide bonds. The molecule has 5 aromatic rings. The highest BCUT2D eigenvalue weighted by Crippen LogP contribution is 2.38. The molecule has 0 radical (unpaired) electrons. The van der Waals surface area contributed by atoms with Crippen molar-refractivity contribution in [2.75, 3.05) is 20.3 Å². The molecule has 0 spiro atoms. The van der Waals surface area contributed by atoms with Crippen LogP contribution in [0.25, 0.3) is 27.7 Å². The smallest absolute Gasteiger partial charge is 0.228 e. The number of methoxy groups -OCH3 is 1. The minimum atomic E-state index is -0.974. The molecule has 1 aliphatic rings. The summed E-state index contributed by atoms with van der Waals surface area (Å²) in [5, 5.41) is 0.992. The number of imidazole rings is 1. The fourth-order valence-corrected chi connectivity index (χ4v) is 5.40. The highest BCUT2D eigenvalue weighted by atomic mass is 19.1. The third kappa shape index (κ3) is 4.44. The number of nitrogens with zero attached hydrogens (tertiary/aromatic N) is 3. The minimum absolute atomic E-state index is 0.197. The van der Waals surface area contributed by atoms with Gasteiger partial charge < -0.3 is 19.9 Å². The second kappa shape index (κ2) is 9.99. The van der Waals surface area contributed by atoms with E-state index in [-0.39, 0.29) is 6.61 Å². The summed E-state index contributed by atoms with van der Waals surface area (Å²) < 4.78 is 33.7. The molecular formula is C30H27FN4O4. The molecule has 0 atom stereocenters. The molecular weight excluding hydrogens is 499 g/mol. The molecule has 8 nitrogen and oxygen atoms in total. The quantitative estimate of drug-likeness (QED) is 0.327. The highest BCUT2D eigenvalue weighted by Gasteiger charge is 2.40. The molecule has 6 rings (SSSR count). The summed E-state index contributed by atoms with van der Waals surface area (Å²) in [7, 11) is 1.63. The summed E-state index contributed by atoms with van der Waals surface area (Å²) in [6.45, 7) is 0.979. The number of rotatable bonds is 7. The van der Waals surface area contributed by atoms with Crippen molar-refractivity contribution in [3.05, 3.63) is 90.3 Å². The van der Waals surface area contributed by atoms with Gasteiger partial charge >= 0.3 is 0 Å². The average Bonchev–Trinajstić information content (AvgIpc) is 3.45. The number of amides is 1. The number of ether oxygens (including phenoxy) is 3. The van der Waals surface area contributed by atoms with Crippen molar-refractivity contribution in [1.82, 2.24) is 14.4 Å². The zero-order valence-electron chi connectivity index (χ0n) is 21.4. The Hall–Kier alpha value is -4.50. The number of halogens is 1. The molecule has 4 heterocycles. The number of carbonyl (C=O) groups is 1. The van der Waals surface area contributed by atoms with E-state index < -0.39 is 17.1 Å². The number of fused-ring (bicyclic) bond motifs is 3. The first-order valence-electron chi connectivity index (χ1n) is 12.7. The van der Waals surface area contributed by atoms with Crippen LogP contribution in [0.4, 0.5) is 4.39 Å². The maximum absolute atomic E-state index is 14.7. The van der Waals surface area contributed by atoms with Gasteiger partial charge in [-0.15, -0.1) is 0 Å². The number of pyridine rings is 2. The van der Waals surface area contributed by atoms with E-state index in [1.807, 2.05) is 40.9 Å². The number of hydrogen-bond acceptors (Lipinski definition) is 6. The standard InChI is InChI=1S/C30H27FN4O4/c1-37-27-4-7-33-17-25(27)24-16-28-34-8-9-35(28)26-12-19(2-3-23(24)26)18-39-22-14-20(13-21(31)15-22)30(29(32)36)5-10-38-11-6-30/h2-4,7-9,12-17H,5-6,10-11,18H2,1H3,(H2,32,36). The van der Waals surface area contributed by atoms with Crippen LogP contribution >= 0.6 is 0 Å².